The average Bonchev–Trinajstić information content (AvgIpc) is 2.52. The Morgan fingerprint density at radius 1 is 1.77 bits per heavy atom. The van der Waals surface area contributed by atoms with E-state index in [4.69, 9.17) is 5.11 Å². The van der Waals surface area contributed by atoms with Crippen molar-refractivity contribution in [2.75, 3.05) is 11.9 Å². The minimum atomic E-state index is -0.511. The Labute approximate surface area is 76.4 Å². The van der Waals surface area contributed by atoms with Crippen LogP contribution in [0.15, 0.2) is 12.3 Å². The summed E-state index contributed by atoms with van der Waals surface area (Å²) in [5, 5.41) is 15.1. The molecule has 0 saturated carbocycles. The van der Waals surface area contributed by atoms with Crippen LogP contribution in [0.25, 0.3) is 0 Å². The van der Waals surface area contributed by atoms with E-state index in [1.165, 1.54) is 0 Å². The van der Waals surface area contributed by atoms with Gasteiger partial charge in [-0.2, -0.15) is 5.10 Å². The summed E-state index contributed by atoms with van der Waals surface area (Å²) in [6, 6.07) is 1.87. The number of hydrogen-bond donors (Lipinski definition) is 2. The van der Waals surface area contributed by atoms with E-state index < -0.39 is 12.5 Å². The van der Waals surface area contributed by atoms with Crippen LogP contribution in [-0.2, 0) is 4.79 Å². The van der Waals surface area contributed by atoms with Gasteiger partial charge in [0.05, 0.1) is 6.20 Å². The molecule has 0 unspecified atom stereocenters. The Hall–Kier alpha value is -1.36. The molecule has 1 amide bonds. The number of aromatic nitrogens is 2. The molecule has 0 spiro atoms. The number of aliphatic hydroxyl groups is 1. The van der Waals surface area contributed by atoms with Gasteiger partial charge in [-0.25, -0.2) is 4.68 Å². The number of amides is 1. The van der Waals surface area contributed by atoms with Crippen molar-refractivity contribution in [1.29, 1.82) is 0 Å². The lowest BCUT2D eigenvalue weighted by Gasteiger charge is -2.10. The maximum absolute atomic E-state index is 10.9. The van der Waals surface area contributed by atoms with Gasteiger partial charge in [-0.05, 0) is 13.8 Å². The molecule has 0 fully saturated rings. The summed E-state index contributed by atoms with van der Waals surface area (Å²) in [6.45, 7) is 3.41. The third kappa shape index (κ3) is 2.29. The van der Waals surface area contributed by atoms with Crippen molar-refractivity contribution in [2.45, 2.75) is 19.9 Å². The van der Waals surface area contributed by atoms with E-state index in [2.05, 4.69) is 10.4 Å². The highest BCUT2D eigenvalue weighted by Gasteiger charge is 2.07. The molecule has 1 rings (SSSR count). The summed E-state index contributed by atoms with van der Waals surface area (Å²) in [5.41, 5.74) is 0. The summed E-state index contributed by atoms with van der Waals surface area (Å²) in [5.74, 6) is 0.177. The first-order valence-electron chi connectivity index (χ1n) is 4.09. The Morgan fingerprint density at radius 2 is 2.46 bits per heavy atom. The summed E-state index contributed by atoms with van der Waals surface area (Å²) in [6.07, 6.45) is 1.60. The first kappa shape index (κ1) is 9.73. The number of carbonyl (C=O) groups excluding carboxylic acids is 1. The van der Waals surface area contributed by atoms with Crippen molar-refractivity contribution in [3.8, 4) is 0 Å². The molecule has 0 aromatic carbocycles. The van der Waals surface area contributed by atoms with Crippen LogP contribution in [0, 0.1) is 0 Å². The minimum absolute atomic E-state index is 0.184. The number of nitrogens with zero attached hydrogens (tertiary/aromatic N) is 2. The van der Waals surface area contributed by atoms with Gasteiger partial charge in [0.1, 0.15) is 12.4 Å². The fraction of sp³-hybridized carbons (Fsp3) is 0.500. The zero-order valence-electron chi connectivity index (χ0n) is 7.69. The number of rotatable bonds is 3. The molecule has 5 nitrogen and oxygen atoms in total. The van der Waals surface area contributed by atoms with Gasteiger partial charge in [0.15, 0.2) is 0 Å². The van der Waals surface area contributed by atoms with E-state index in [0.29, 0.717) is 5.82 Å². The molecular weight excluding hydrogens is 170 g/mol. The number of carbonyl (C=O) groups is 1. The van der Waals surface area contributed by atoms with E-state index in [1.807, 2.05) is 13.8 Å². The van der Waals surface area contributed by atoms with Crippen LogP contribution in [0.4, 0.5) is 5.82 Å². The molecule has 72 valence electrons. The lowest BCUT2D eigenvalue weighted by Crippen LogP contribution is -2.19. The normalized spacial score (nSPS) is 10.5. The number of hydrogen-bond acceptors (Lipinski definition) is 3. The van der Waals surface area contributed by atoms with Gasteiger partial charge < -0.3 is 10.4 Å². The third-order valence-electron chi connectivity index (χ3n) is 1.57. The number of aliphatic hydroxyl groups excluding tert-OH is 1. The average molecular weight is 183 g/mol. The van der Waals surface area contributed by atoms with Crippen LogP contribution >= 0.6 is 0 Å². The van der Waals surface area contributed by atoms with Crippen molar-refractivity contribution < 1.29 is 9.90 Å². The van der Waals surface area contributed by atoms with E-state index in [9.17, 15) is 4.79 Å². The molecule has 1 aromatic heterocycles. The van der Waals surface area contributed by atoms with Gasteiger partial charge in [0.25, 0.3) is 5.91 Å². The Morgan fingerprint density at radius 3 is 3.00 bits per heavy atom. The Balaban J connectivity index is 2.76. The molecule has 0 aliphatic heterocycles. The lowest BCUT2D eigenvalue weighted by molar-refractivity contribution is -0.118. The SMILES string of the molecule is CC(C)n1nccc1NC(=O)CO. The zero-order chi connectivity index (χ0) is 9.84. The maximum Gasteiger partial charge on any atom is 0.251 e. The predicted molar refractivity (Wildman–Crippen MR) is 48.3 cm³/mol. The largest absolute Gasteiger partial charge is 0.387 e. The summed E-state index contributed by atoms with van der Waals surface area (Å²) >= 11 is 0. The smallest absolute Gasteiger partial charge is 0.251 e. The molecule has 1 aromatic rings. The molecule has 0 aliphatic rings. The standard InChI is InChI=1S/C8H13N3O2/c1-6(2)11-7(3-4-9-11)10-8(13)5-12/h3-4,6,12H,5H2,1-2H3,(H,10,13). The van der Waals surface area contributed by atoms with Gasteiger partial charge in [0.2, 0.25) is 0 Å². The number of anilines is 1. The molecule has 2 N–H and O–H groups in total. The molecule has 0 atom stereocenters. The summed E-state index contributed by atoms with van der Waals surface area (Å²) < 4.78 is 1.67. The van der Waals surface area contributed by atoms with Crippen LogP contribution < -0.4 is 5.32 Å². The van der Waals surface area contributed by atoms with Gasteiger partial charge in [0, 0.05) is 12.1 Å². The fourth-order valence-electron chi connectivity index (χ4n) is 1.01. The Kier molecular flexibility index (Phi) is 3.02. The van der Waals surface area contributed by atoms with Gasteiger partial charge in [-0.1, -0.05) is 0 Å². The van der Waals surface area contributed by atoms with Crippen molar-refractivity contribution >= 4 is 11.7 Å². The molecule has 0 bridgehead atoms. The van der Waals surface area contributed by atoms with Crippen LogP contribution in [0.2, 0.25) is 0 Å². The van der Waals surface area contributed by atoms with Crippen molar-refractivity contribution in [3.05, 3.63) is 12.3 Å². The highest BCUT2D eigenvalue weighted by atomic mass is 16.3. The molecule has 0 radical (unpaired) electrons. The van der Waals surface area contributed by atoms with Crippen LogP contribution in [0.3, 0.4) is 0 Å². The predicted octanol–water partition coefficient (Wildman–Crippen LogP) is 0.395. The first-order chi connectivity index (χ1) is 6.15. The summed E-state index contributed by atoms with van der Waals surface area (Å²) in [4.78, 5) is 10.9. The van der Waals surface area contributed by atoms with E-state index in [0.717, 1.165) is 0 Å². The second kappa shape index (κ2) is 4.04. The van der Waals surface area contributed by atoms with Crippen LogP contribution in [0.1, 0.15) is 19.9 Å². The molecule has 0 aliphatic carbocycles. The van der Waals surface area contributed by atoms with Crippen molar-refractivity contribution in [2.24, 2.45) is 0 Å². The molecular formula is C8H13N3O2. The zero-order valence-corrected chi connectivity index (χ0v) is 7.69. The maximum atomic E-state index is 10.9. The van der Waals surface area contributed by atoms with Crippen molar-refractivity contribution in [1.82, 2.24) is 9.78 Å². The van der Waals surface area contributed by atoms with E-state index in [-0.39, 0.29) is 6.04 Å². The second-order valence-electron chi connectivity index (χ2n) is 2.96. The molecule has 1 heterocycles. The highest BCUT2D eigenvalue weighted by Crippen LogP contribution is 2.12. The fourth-order valence-corrected chi connectivity index (χ4v) is 1.01. The lowest BCUT2D eigenvalue weighted by atomic mass is 10.4. The van der Waals surface area contributed by atoms with Crippen LogP contribution in [-0.4, -0.2) is 27.4 Å². The molecule has 5 heteroatoms. The van der Waals surface area contributed by atoms with Crippen LogP contribution in [0.5, 0.6) is 0 Å². The Bertz CT molecular complexity index is 293. The van der Waals surface area contributed by atoms with Gasteiger partial charge in [-0.3, -0.25) is 4.79 Å². The first-order valence-corrected chi connectivity index (χ1v) is 4.09. The topological polar surface area (TPSA) is 67.2 Å². The van der Waals surface area contributed by atoms with Crippen molar-refractivity contribution in [3.63, 3.8) is 0 Å². The van der Waals surface area contributed by atoms with E-state index >= 15 is 0 Å². The molecule has 13 heavy (non-hydrogen) atoms. The third-order valence-corrected chi connectivity index (χ3v) is 1.57. The van der Waals surface area contributed by atoms with Gasteiger partial charge >= 0.3 is 0 Å². The molecule has 0 saturated heterocycles. The summed E-state index contributed by atoms with van der Waals surface area (Å²) in [7, 11) is 0. The highest BCUT2D eigenvalue weighted by molar-refractivity contribution is 5.90. The minimum Gasteiger partial charge on any atom is -0.387 e. The van der Waals surface area contributed by atoms with Gasteiger partial charge in [-0.15, -0.1) is 0 Å². The second-order valence-corrected chi connectivity index (χ2v) is 2.96. The quantitative estimate of drug-likeness (QED) is 0.712. The van der Waals surface area contributed by atoms with E-state index in [1.54, 1.807) is 16.9 Å². The monoisotopic (exact) mass is 183 g/mol. The number of nitrogens with one attached hydrogen (secondary N) is 1.